The Morgan fingerprint density at radius 1 is 1.30 bits per heavy atom. The second kappa shape index (κ2) is 6.88. The number of carbonyl (C=O) groups excluding carboxylic acids is 2. The predicted octanol–water partition coefficient (Wildman–Crippen LogP) is 3.54. The van der Waals surface area contributed by atoms with E-state index in [0.717, 1.165) is 44.1 Å². The van der Waals surface area contributed by atoms with Crippen LogP contribution in [0.1, 0.15) is 59.8 Å². The minimum atomic E-state index is -0.338. The van der Waals surface area contributed by atoms with Crippen molar-refractivity contribution in [3.63, 3.8) is 0 Å². The summed E-state index contributed by atoms with van der Waals surface area (Å²) in [6.45, 7) is 2.05. The first-order valence-electron chi connectivity index (χ1n) is 7.20. The molecule has 0 aromatic carbocycles. The molecule has 0 aliphatic heterocycles. The lowest BCUT2D eigenvalue weighted by atomic mass is 9.95. The number of methoxy groups -OCH3 is 1. The van der Waals surface area contributed by atoms with E-state index in [0.29, 0.717) is 17.0 Å². The van der Waals surface area contributed by atoms with Gasteiger partial charge in [-0.15, -0.1) is 11.3 Å². The third-order valence-corrected chi connectivity index (χ3v) is 4.78. The lowest BCUT2D eigenvalue weighted by molar-refractivity contribution is -0.116. The highest BCUT2D eigenvalue weighted by atomic mass is 32.1. The van der Waals surface area contributed by atoms with Crippen LogP contribution in [0.3, 0.4) is 0 Å². The first kappa shape index (κ1) is 15.0. The van der Waals surface area contributed by atoms with Crippen LogP contribution < -0.4 is 5.32 Å². The molecule has 1 aromatic heterocycles. The van der Waals surface area contributed by atoms with Gasteiger partial charge in [0, 0.05) is 11.3 Å². The Kier molecular flexibility index (Phi) is 5.17. The molecule has 0 fully saturated rings. The Morgan fingerprint density at radius 3 is 2.75 bits per heavy atom. The summed E-state index contributed by atoms with van der Waals surface area (Å²) < 4.78 is 4.88. The van der Waals surface area contributed by atoms with Gasteiger partial charge in [0.15, 0.2) is 0 Å². The molecule has 4 nitrogen and oxygen atoms in total. The van der Waals surface area contributed by atoms with Gasteiger partial charge in [-0.25, -0.2) is 4.79 Å². The number of aryl methyl sites for hydroxylation is 1. The molecule has 20 heavy (non-hydrogen) atoms. The van der Waals surface area contributed by atoms with E-state index in [2.05, 4.69) is 12.2 Å². The lowest BCUT2D eigenvalue weighted by Gasteiger charge is -2.11. The largest absolute Gasteiger partial charge is 0.465 e. The van der Waals surface area contributed by atoms with Crippen LogP contribution in [0.4, 0.5) is 5.00 Å². The van der Waals surface area contributed by atoms with Crippen LogP contribution in [0.5, 0.6) is 0 Å². The summed E-state index contributed by atoms with van der Waals surface area (Å²) in [5.74, 6) is -0.356. The minimum absolute atomic E-state index is 0.0180. The molecule has 110 valence electrons. The zero-order valence-electron chi connectivity index (χ0n) is 12.1. The Labute approximate surface area is 123 Å². The van der Waals surface area contributed by atoms with Crippen molar-refractivity contribution in [3.8, 4) is 0 Å². The van der Waals surface area contributed by atoms with E-state index in [4.69, 9.17) is 4.74 Å². The fourth-order valence-corrected chi connectivity index (χ4v) is 3.79. The summed E-state index contributed by atoms with van der Waals surface area (Å²) in [7, 11) is 1.39. The molecule has 1 aliphatic rings. The molecule has 1 heterocycles. The van der Waals surface area contributed by atoms with E-state index in [1.54, 1.807) is 0 Å². The van der Waals surface area contributed by atoms with Gasteiger partial charge in [-0.1, -0.05) is 13.3 Å². The molecule has 1 aromatic rings. The number of ether oxygens (including phenoxy) is 1. The van der Waals surface area contributed by atoms with Crippen molar-refractivity contribution in [2.45, 2.75) is 51.9 Å². The van der Waals surface area contributed by atoms with E-state index < -0.39 is 0 Å². The number of unbranched alkanes of at least 4 members (excludes halogenated alkanes) is 1. The quantitative estimate of drug-likeness (QED) is 0.845. The number of esters is 1. The highest BCUT2D eigenvalue weighted by Gasteiger charge is 2.26. The van der Waals surface area contributed by atoms with E-state index in [-0.39, 0.29) is 11.9 Å². The molecule has 0 radical (unpaired) electrons. The van der Waals surface area contributed by atoms with Crippen LogP contribution in [0.15, 0.2) is 0 Å². The van der Waals surface area contributed by atoms with Crippen LogP contribution in [0.2, 0.25) is 0 Å². The zero-order chi connectivity index (χ0) is 14.5. The summed E-state index contributed by atoms with van der Waals surface area (Å²) in [5.41, 5.74) is 1.66. The van der Waals surface area contributed by atoms with Crippen LogP contribution >= 0.6 is 11.3 Å². The second-order valence-electron chi connectivity index (χ2n) is 5.06. The van der Waals surface area contributed by atoms with Crippen molar-refractivity contribution in [3.05, 3.63) is 16.0 Å². The number of rotatable bonds is 5. The molecular weight excluding hydrogens is 274 g/mol. The number of thiophene rings is 1. The van der Waals surface area contributed by atoms with Gasteiger partial charge in [0.05, 0.1) is 12.7 Å². The normalized spacial score (nSPS) is 13.7. The molecule has 0 saturated heterocycles. The highest BCUT2D eigenvalue weighted by Crippen LogP contribution is 2.38. The molecule has 0 spiro atoms. The van der Waals surface area contributed by atoms with Crippen molar-refractivity contribution >= 4 is 28.2 Å². The molecule has 2 rings (SSSR count). The van der Waals surface area contributed by atoms with E-state index >= 15 is 0 Å². The van der Waals surface area contributed by atoms with Crippen LogP contribution in [-0.2, 0) is 22.4 Å². The first-order valence-corrected chi connectivity index (χ1v) is 8.01. The fourth-order valence-electron chi connectivity index (χ4n) is 2.50. The van der Waals surface area contributed by atoms with Crippen molar-refractivity contribution in [2.24, 2.45) is 0 Å². The Morgan fingerprint density at radius 2 is 2.05 bits per heavy atom. The van der Waals surface area contributed by atoms with Crippen LogP contribution in [0, 0.1) is 0 Å². The van der Waals surface area contributed by atoms with Gasteiger partial charge in [-0.2, -0.15) is 0 Å². The fraction of sp³-hybridized carbons (Fsp3) is 0.600. The molecule has 0 atom stereocenters. The Hall–Kier alpha value is -1.36. The maximum atomic E-state index is 12.0. The summed E-state index contributed by atoms with van der Waals surface area (Å²) >= 11 is 1.53. The number of hydrogen-bond acceptors (Lipinski definition) is 4. The summed E-state index contributed by atoms with van der Waals surface area (Å²) in [5, 5.41) is 3.57. The number of amides is 1. The van der Waals surface area contributed by atoms with Crippen LogP contribution in [0.25, 0.3) is 0 Å². The summed E-state index contributed by atoms with van der Waals surface area (Å²) in [4.78, 5) is 25.1. The lowest BCUT2D eigenvalue weighted by Crippen LogP contribution is -2.14. The Balaban J connectivity index is 2.25. The molecule has 0 saturated carbocycles. The van der Waals surface area contributed by atoms with Gasteiger partial charge >= 0.3 is 5.97 Å². The topological polar surface area (TPSA) is 55.4 Å². The van der Waals surface area contributed by atoms with Gasteiger partial charge in [0.2, 0.25) is 5.91 Å². The zero-order valence-corrected chi connectivity index (χ0v) is 12.9. The number of fused-ring (bicyclic) bond motifs is 1. The molecule has 1 amide bonds. The van der Waals surface area contributed by atoms with E-state index in [9.17, 15) is 9.59 Å². The number of hydrogen-bond donors (Lipinski definition) is 1. The molecule has 5 heteroatoms. The van der Waals surface area contributed by atoms with Gasteiger partial charge < -0.3 is 10.1 Å². The van der Waals surface area contributed by atoms with Gasteiger partial charge in [-0.05, 0) is 37.7 Å². The Bertz CT molecular complexity index is 507. The molecule has 0 unspecified atom stereocenters. The molecular formula is C15H21NO3S. The third-order valence-electron chi connectivity index (χ3n) is 3.57. The van der Waals surface area contributed by atoms with Crippen LogP contribution in [-0.4, -0.2) is 19.0 Å². The average molecular weight is 295 g/mol. The van der Waals surface area contributed by atoms with Crippen molar-refractivity contribution in [1.82, 2.24) is 0 Å². The highest BCUT2D eigenvalue weighted by molar-refractivity contribution is 7.17. The standard InChI is InChI=1S/C15H21NO3S/c1-3-4-9-12(17)16-14-13(15(18)19-2)10-7-5-6-8-11(10)20-14/h3-9H2,1-2H3,(H,16,17). The number of nitrogens with one attached hydrogen (secondary N) is 1. The number of carbonyl (C=O) groups is 2. The van der Waals surface area contributed by atoms with Crippen molar-refractivity contribution < 1.29 is 14.3 Å². The SMILES string of the molecule is CCCCC(=O)Nc1sc2c(c1C(=O)OC)CCCC2. The third kappa shape index (κ3) is 3.20. The molecule has 0 bridgehead atoms. The van der Waals surface area contributed by atoms with Gasteiger partial charge in [0.1, 0.15) is 5.00 Å². The van der Waals surface area contributed by atoms with E-state index in [1.807, 2.05) is 0 Å². The summed E-state index contributed by atoms with van der Waals surface area (Å²) in [6.07, 6.45) is 6.49. The predicted molar refractivity (Wildman–Crippen MR) is 80.5 cm³/mol. The first-order chi connectivity index (χ1) is 9.67. The van der Waals surface area contributed by atoms with Gasteiger partial charge in [-0.3, -0.25) is 4.79 Å². The average Bonchev–Trinajstić information content (AvgIpc) is 2.82. The van der Waals surface area contributed by atoms with Crippen molar-refractivity contribution in [2.75, 3.05) is 12.4 Å². The second-order valence-corrected chi connectivity index (χ2v) is 6.16. The maximum Gasteiger partial charge on any atom is 0.341 e. The van der Waals surface area contributed by atoms with Gasteiger partial charge in [0.25, 0.3) is 0 Å². The van der Waals surface area contributed by atoms with E-state index in [1.165, 1.54) is 23.3 Å². The monoisotopic (exact) mass is 295 g/mol. The minimum Gasteiger partial charge on any atom is -0.465 e. The van der Waals surface area contributed by atoms with Crippen molar-refractivity contribution in [1.29, 1.82) is 0 Å². The molecule has 1 aliphatic carbocycles. The number of anilines is 1. The maximum absolute atomic E-state index is 12.0. The summed E-state index contributed by atoms with van der Waals surface area (Å²) in [6, 6.07) is 0. The smallest absolute Gasteiger partial charge is 0.341 e. The molecule has 1 N–H and O–H groups in total.